The minimum atomic E-state index is -0.293. The van der Waals surface area contributed by atoms with E-state index < -0.39 is 0 Å². The van der Waals surface area contributed by atoms with Gasteiger partial charge in [-0.25, -0.2) is 5.43 Å². The number of amides is 1. The van der Waals surface area contributed by atoms with E-state index >= 15 is 0 Å². The Bertz CT molecular complexity index is 846. The number of benzene rings is 2. The van der Waals surface area contributed by atoms with E-state index in [1.54, 1.807) is 32.4 Å². The average molecular weight is 354 g/mol. The largest absolute Gasteiger partial charge is 0.497 e. The SMILES string of the molecule is COc1ccc2c(c1)CCCC2=NNC(=O)c1ccc(OC)c(OC)c1. The summed E-state index contributed by atoms with van der Waals surface area (Å²) in [6.07, 6.45) is 2.80. The monoisotopic (exact) mass is 354 g/mol. The van der Waals surface area contributed by atoms with Crippen molar-refractivity contribution in [1.82, 2.24) is 5.43 Å². The van der Waals surface area contributed by atoms with Crippen molar-refractivity contribution in [2.45, 2.75) is 19.3 Å². The first-order chi connectivity index (χ1) is 12.7. The van der Waals surface area contributed by atoms with Crippen molar-refractivity contribution in [1.29, 1.82) is 0 Å². The number of aryl methyl sites for hydroxylation is 1. The van der Waals surface area contributed by atoms with Gasteiger partial charge < -0.3 is 14.2 Å². The molecule has 6 nitrogen and oxygen atoms in total. The highest BCUT2D eigenvalue weighted by Gasteiger charge is 2.17. The fraction of sp³-hybridized carbons (Fsp3) is 0.300. The third-order valence-electron chi connectivity index (χ3n) is 4.42. The number of methoxy groups -OCH3 is 3. The molecule has 26 heavy (non-hydrogen) atoms. The van der Waals surface area contributed by atoms with Crippen LogP contribution in [-0.4, -0.2) is 32.9 Å². The van der Waals surface area contributed by atoms with E-state index in [0.717, 1.165) is 36.3 Å². The van der Waals surface area contributed by atoms with Crippen LogP contribution in [-0.2, 0) is 6.42 Å². The minimum Gasteiger partial charge on any atom is -0.497 e. The van der Waals surface area contributed by atoms with Gasteiger partial charge in [0.15, 0.2) is 11.5 Å². The van der Waals surface area contributed by atoms with Gasteiger partial charge in [0.2, 0.25) is 0 Å². The van der Waals surface area contributed by atoms with E-state index in [0.29, 0.717) is 17.1 Å². The number of hydrazone groups is 1. The van der Waals surface area contributed by atoms with Crippen LogP contribution in [0.25, 0.3) is 0 Å². The average Bonchev–Trinajstić information content (AvgIpc) is 2.70. The molecule has 0 aliphatic heterocycles. The third kappa shape index (κ3) is 3.64. The molecule has 0 atom stereocenters. The molecule has 0 heterocycles. The van der Waals surface area contributed by atoms with Crippen molar-refractivity contribution in [2.75, 3.05) is 21.3 Å². The van der Waals surface area contributed by atoms with Crippen LogP contribution in [0.15, 0.2) is 41.5 Å². The fourth-order valence-electron chi connectivity index (χ4n) is 3.04. The highest BCUT2D eigenvalue weighted by molar-refractivity contribution is 6.04. The van der Waals surface area contributed by atoms with E-state index in [-0.39, 0.29) is 5.91 Å². The molecule has 6 heteroatoms. The van der Waals surface area contributed by atoms with Gasteiger partial charge in [-0.2, -0.15) is 5.10 Å². The van der Waals surface area contributed by atoms with E-state index in [1.807, 2.05) is 18.2 Å². The molecule has 0 unspecified atom stereocenters. The van der Waals surface area contributed by atoms with Crippen molar-refractivity contribution >= 4 is 11.6 Å². The summed E-state index contributed by atoms with van der Waals surface area (Å²) in [5.41, 5.74) is 6.23. The molecule has 1 amide bonds. The number of ether oxygens (including phenoxy) is 3. The molecule has 136 valence electrons. The molecule has 2 aromatic carbocycles. The molecule has 0 aromatic heterocycles. The van der Waals surface area contributed by atoms with Crippen molar-refractivity contribution in [3.05, 3.63) is 53.1 Å². The molecule has 1 N–H and O–H groups in total. The summed E-state index contributed by atoms with van der Waals surface area (Å²) < 4.78 is 15.7. The molecule has 0 saturated heterocycles. The Morgan fingerprint density at radius 3 is 2.50 bits per heavy atom. The number of carbonyl (C=O) groups excluding carboxylic acids is 1. The fourth-order valence-corrected chi connectivity index (χ4v) is 3.04. The summed E-state index contributed by atoms with van der Waals surface area (Å²) in [4.78, 5) is 12.4. The maximum absolute atomic E-state index is 12.4. The number of nitrogens with one attached hydrogen (secondary N) is 1. The van der Waals surface area contributed by atoms with Gasteiger partial charge in [0, 0.05) is 11.1 Å². The lowest BCUT2D eigenvalue weighted by Gasteiger charge is -2.18. The Morgan fingerprint density at radius 2 is 1.77 bits per heavy atom. The minimum absolute atomic E-state index is 0.293. The zero-order valence-corrected chi connectivity index (χ0v) is 15.2. The number of hydrogen-bond donors (Lipinski definition) is 1. The Labute approximate surface area is 152 Å². The third-order valence-corrected chi connectivity index (χ3v) is 4.42. The first kappa shape index (κ1) is 17.8. The Balaban J connectivity index is 1.79. The van der Waals surface area contributed by atoms with Gasteiger partial charge in [-0.3, -0.25) is 4.79 Å². The zero-order valence-electron chi connectivity index (χ0n) is 15.2. The van der Waals surface area contributed by atoms with E-state index in [4.69, 9.17) is 14.2 Å². The van der Waals surface area contributed by atoms with Crippen LogP contribution < -0.4 is 19.6 Å². The van der Waals surface area contributed by atoms with Crippen LogP contribution in [0.3, 0.4) is 0 Å². The number of carbonyl (C=O) groups is 1. The van der Waals surface area contributed by atoms with E-state index in [2.05, 4.69) is 10.5 Å². The van der Waals surface area contributed by atoms with Crippen LogP contribution in [0, 0.1) is 0 Å². The molecule has 0 spiro atoms. The van der Waals surface area contributed by atoms with Crippen LogP contribution in [0.1, 0.15) is 34.3 Å². The van der Waals surface area contributed by atoms with Crippen LogP contribution in [0.4, 0.5) is 0 Å². The molecule has 1 aliphatic carbocycles. The molecule has 0 saturated carbocycles. The van der Waals surface area contributed by atoms with Gasteiger partial charge in [-0.05, 0) is 61.2 Å². The lowest BCUT2D eigenvalue weighted by atomic mass is 9.90. The number of fused-ring (bicyclic) bond motifs is 1. The molecule has 1 aliphatic rings. The van der Waals surface area contributed by atoms with Gasteiger partial charge in [-0.1, -0.05) is 0 Å². The molecule has 3 rings (SSSR count). The second-order valence-electron chi connectivity index (χ2n) is 5.95. The molecule has 0 radical (unpaired) electrons. The second-order valence-corrected chi connectivity index (χ2v) is 5.95. The van der Waals surface area contributed by atoms with Crippen molar-refractivity contribution in [2.24, 2.45) is 5.10 Å². The zero-order chi connectivity index (χ0) is 18.5. The van der Waals surface area contributed by atoms with E-state index in [9.17, 15) is 4.79 Å². The molecular formula is C20H22N2O4. The summed E-state index contributed by atoms with van der Waals surface area (Å²) in [5.74, 6) is 1.62. The molecular weight excluding hydrogens is 332 g/mol. The number of hydrogen-bond acceptors (Lipinski definition) is 5. The highest BCUT2D eigenvalue weighted by atomic mass is 16.5. The summed E-state index contributed by atoms with van der Waals surface area (Å²) in [6.45, 7) is 0. The van der Waals surface area contributed by atoms with E-state index in [1.165, 1.54) is 12.7 Å². The first-order valence-electron chi connectivity index (χ1n) is 8.42. The maximum atomic E-state index is 12.4. The Hall–Kier alpha value is -3.02. The van der Waals surface area contributed by atoms with Crippen LogP contribution in [0.2, 0.25) is 0 Å². The predicted octanol–water partition coefficient (Wildman–Crippen LogP) is 3.18. The van der Waals surface area contributed by atoms with Gasteiger partial charge >= 0.3 is 0 Å². The number of rotatable bonds is 5. The van der Waals surface area contributed by atoms with Crippen LogP contribution >= 0.6 is 0 Å². The first-order valence-corrected chi connectivity index (χ1v) is 8.42. The molecule has 0 fully saturated rings. The smallest absolute Gasteiger partial charge is 0.271 e. The molecule has 0 bridgehead atoms. The second kappa shape index (κ2) is 7.91. The number of nitrogens with zero attached hydrogens (tertiary/aromatic N) is 1. The molecule has 2 aromatic rings. The van der Waals surface area contributed by atoms with Gasteiger partial charge in [-0.15, -0.1) is 0 Å². The summed E-state index contributed by atoms with van der Waals surface area (Å²) >= 11 is 0. The standard InChI is InChI=1S/C20H22N2O4/c1-24-15-8-9-16-13(11-15)5-4-6-17(16)21-22-20(23)14-7-10-18(25-2)19(12-14)26-3/h7-12H,4-6H2,1-3H3,(H,22,23). The highest BCUT2D eigenvalue weighted by Crippen LogP contribution is 2.28. The summed E-state index contributed by atoms with van der Waals surface area (Å²) in [7, 11) is 4.75. The van der Waals surface area contributed by atoms with Gasteiger partial charge in [0.25, 0.3) is 5.91 Å². The lowest BCUT2D eigenvalue weighted by molar-refractivity contribution is 0.0954. The predicted molar refractivity (Wildman–Crippen MR) is 99.5 cm³/mol. The normalized spacial score (nSPS) is 14.5. The van der Waals surface area contributed by atoms with Gasteiger partial charge in [0.05, 0.1) is 27.0 Å². The topological polar surface area (TPSA) is 69.2 Å². The maximum Gasteiger partial charge on any atom is 0.271 e. The summed E-state index contributed by atoms with van der Waals surface area (Å²) in [6, 6.07) is 10.9. The van der Waals surface area contributed by atoms with Gasteiger partial charge in [0.1, 0.15) is 5.75 Å². The summed E-state index contributed by atoms with van der Waals surface area (Å²) in [5, 5.41) is 4.36. The Morgan fingerprint density at radius 1 is 0.962 bits per heavy atom. The van der Waals surface area contributed by atoms with Crippen LogP contribution in [0.5, 0.6) is 17.2 Å². The van der Waals surface area contributed by atoms with Crippen molar-refractivity contribution in [3.8, 4) is 17.2 Å². The Kier molecular flexibility index (Phi) is 5.41. The van der Waals surface area contributed by atoms with Crippen molar-refractivity contribution < 1.29 is 19.0 Å². The lowest BCUT2D eigenvalue weighted by Crippen LogP contribution is -2.22. The quantitative estimate of drug-likeness (QED) is 0.838. The van der Waals surface area contributed by atoms with Crippen molar-refractivity contribution in [3.63, 3.8) is 0 Å².